The summed E-state index contributed by atoms with van der Waals surface area (Å²) in [4.78, 5) is 0. The molecule has 0 aliphatic rings. The number of benzene rings is 1. The zero-order chi connectivity index (χ0) is 6.85. The van der Waals surface area contributed by atoms with Gasteiger partial charge in [-0.25, -0.2) is 4.39 Å². The highest BCUT2D eigenvalue weighted by atomic mass is 19.1. The van der Waals surface area contributed by atoms with Crippen LogP contribution in [-0.4, -0.2) is 0 Å². The third-order valence-corrected chi connectivity index (χ3v) is 0.611. The second kappa shape index (κ2) is 1.73. The minimum Gasteiger partial charge on any atom is -0.207 e. The number of hydrogen-bond donors (Lipinski definition) is 0. The first-order valence-corrected chi connectivity index (χ1v) is 1.93. The first-order chi connectivity index (χ1) is 4.20. The summed E-state index contributed by atoms with van der Waals surface area (Å²) in [5.74, 6) is -0.637. The van der Waals surface area contributed by atoms with E-state index in [1.807, 2.05) is 0 Å². The van der Waals surface area contributed by atoms with Gasteiger partial charge in [0, 0.05) is 0 Å². The van der Waals surface area contributed by atoms with Crippen LogP contribution >= 0.6 is 0 Å². The van der Waals surface area contributed by atoms with Crippen LogP contribution in [0.3, 0.4) is 0 Å². The molecule has 0 aliphatic carbocycles. The van der Waals surface area contributed by atoms with Gasteiger partial charge >= 0.3 is 0 Å². The van der Waals surface area contributed by atoms with E-state index in [4.69, 9.17) is 2.74 Å². The van der Waals surface area contributed by atoms with Crippen molar-refractivity contribution in [2.45, 2.75) is 0 Å². The van der Waals surface area contributed by atoms with Crippen LogP contribution in [0.2, 0.25) is 0 Å². The summed E-state index contributed by atoms with van der Waals surface area (Å²) in [5.41, 5.74) is 0. The van der Waals surface area contributed by atoms with Crippen molar-refractivity contribution in [1.82, 2.24) is 0 Å². The lowest BCUT2D eigenvalue weighted by Crippen LogP contribution is -1.63. The zero-order valence-corrected chi connectivity index (χ0v) is 3.61. The van der Waals surface area contributed by atoms with Crippen LogP contribution < -0.4 is 0 Å². The third kappa shape index (κ3) is 1.000. The van der Waals surface area contributed by atoms with Crippen LogP contribution in [0, 0.1) is 5.82 Å². The molecule has 7 heavy (non-hydrogen) atoms. The molecule has 1 aromatic rings. The Bertz CT molecular complexity index is 222. The molecule has 0 saturated carbocycles. The van der Waals surface area contributed by atoms with E-state index in [9.17, 15) is 4.39 Å². The second-order valence-corrected chi connectivity index (χ2v) is 1.14. The lowest BCUT2D eigenvalue weighted by molar-refractivity contribution is 0.628. The van der Waals surface area contributed by atoms with Gasteiger partial charge in [0.2, 0.25) is 0 Å². The van der Waals surface area contributed by atoms with Gasteiger partial charge in [-0.15, -0.1) is 0 Å². The normalized spacial score (nSPS) is 12.7. The predicted octanol–water partition coefficient (Wildman–Crippen LogP) is 1.83. The van der Waals surface area contributed by atoms with E-state index >= 15 is 0 Å². The zero-order valence-electron chi connectivity index (χ0n) is 5.61. The SMILES string of the molecule is [2H]c1ccc([2H])c(F)c1. The van der Waals surface area contributed by atoms with Gasteiger partial charge < -0.3 is 0 Å². The molecule has 0 nitrogen and oxygen atoms in total. The summed E-state index contributed by atoms with van der Waals surface area (Å²) in [6.07, 6.45) is 0. The predicted molar refractivity (Wildman–Crippen MR) is 26.4 cm³/mol. The minimum absolute atomic E-state index is 0.100. The maximum atomic E-state index is 12.3. The third-order valence-electron chi connectivity index (χ3n) is 0.611. The maximum Gasteiger partial charge on any atom is 0.123 e. The minimum atomic E-state index is -0.637. The molecule has 0 aromatic heterocycles. The van der Waals surface area contributed by atoms with Crippen LogP contribution in [0.5, 0.6) is 0 Å². The molecule has 36 valence electrons. The highest BCUT2D eigenvalue weighted by Gasteiger charge is 1.77. The molecule has 0 spiro atoms. The van der Waals surface area contributed by atoms with E-state index in [0.717, 1.165) is 6.07 Å². The van der Waals surface area contributed by atoms with Crippen LogP contribution in [0.25, 0.3) is 0 Å². The monoisotopic (exact) mass is 98.1 g/mol. The number of rotatable bonds is 0. The molecule has 0 amide bonds. The summed E-state index contributed by atoms with van der Waals surface area (Å²) in [7, 11) is 0. The lowest BCUT2D eigenvalue weighted by Gasteiger charge is -1.78. The van der Waals surface area contributed by atoms with Gasteiger partial charge in [0.25, 0.3) is 0 Å². The van der Waals surface area contributed by atoms with Gasteiger partial charge in [0.15, 0.2) is 0 Å². The smallest absolute Gasteiger partial charge is 0.123 e. The quantitative estimate of drug-likeness (QED) is 0.464. The molecule has 0 N–H and O–H groups in total. The molecular formula is C6H5F. The van der Waals surface area contributed by atoms with Crippen molar-refractivity contribution in [3.8, 4) is 0 Å². The molecule has 0 radical (unpaired) electrons. The van der Waals surface area contributed by atoms with Crippen molar-refractivity contribution >= 4 is 0 Å². The molecule has 1 rings (SSSR count). The highest BCUT2D eigenvalue weighted by Crippen LogP contribution is 1.91. The summed E-state index contributed by atoms with van der Waals surface area (Å²) in [5, 5.41) is 0. The molecule has 1 heteroatoms. The van der Waals surface area contributed by atoms with Crippen molar-refractivity contribution in [2.24, 2.45) is 0 Å². The van der Waals surface area contributed by atoms with Crippen molar-refractivity contribution in [2.75, 3.05) is 0 Å². The first kappa shape index (κ1) is 2.46. The first-order valence-electron chi connectivity index (χ1n) is 2.93. The molecule has 0 atom stereocenters. The Kier molecular flexibility index (Phi) is 0.609. The molecule has 0 fully saturated rings. The van der Waals surface area contributed by atoms with E-state index < -0.39 is 5.82 Å². The topological polar surface area (TPSA) is 0 Å². The van der Waals surface area contributed by atoms with Crippen molar-refractivity contribution in [3.05, 3.63) is 36.1 Å². The average Bonchev–Trinajstić information content (AvgIpc) is 1.80. The molecule has 0 unspecified atom stereocenters. The molecule has 0 saturated heterocycles. The number of halogens is 1. The Hall–Kier alpha value is -0.850. The van der Waals surface area contributed by atoms with Crippen LogP contribution in [-0.2, 0) is 0 Å². The fourth-order valence-electron chi connectivity index (χ4n) is 0.332. The second-order valence-electron chi connectivity index (χ2n) is 1.14. The van der Waals surface area contributed by atoms with Gasteiger partial charge in [0.1, 0.15) is 5.82 Å². The van der Waals surface area contributed by atoms with Crippen molar-refractivity contribution < 1.29 is 7.13 Å². The fraction of sp³-hybridized carbons (Fsp3) is 0. The Morgan fingerprint density at radius 1 is 1.57 bits per heavy atom. The Morgan fingerprint density at radius 2 is 2.43 bits per heavy atom. The van der Waals surface area contributed by atoms with Crippen LogP contribution in [0.4, 0.5) is 4.39 Å². The molecular weight excluding hydrogens is 91.1 g/mol. The van der Waals surface area contributed by atoms with Gasteiger partial charge in [-0.2, -0.15) is 0 Å². The van der Waals surface area contributed by atoms with Crippen LogP contribution in [0.15, 0.2) is 30.3 Å². The van der Waals surface area contributed by atoms with Crippen molar-refractivity contribution in [1.29, 1.82) is 0 Å². The molecule has 0 aliphatic heterocycles. The Balaban J connectivity index is 3.17. The highest BCUT2D eigenvalue weighted by molar-refractivity contribution is 5.02. The van der Waals surface area contributed by atoms with Gasteiger partial charge in [0.05, 0.1) is 2.74 Å². The lowest BCUT2D eigenvalue weighted by atomic mass is 10.4. The van der Waals surface area contributed by atoms with Gasteiger partial charge in [-0.05, 0) is 12.1 Å². The summed E-state index contributed by atoms with van der Waals surface area (Å²) >= 11 is 0. The largest absolute Gasteiger partial charge is 0.207 e. The Morgan fingerprint density at radius 3 is 3.00 bits per heavy atom. The van der Waals surface area contributed by atoms with E-state index in [1.165, 1.54) is 12.1 Å². The average molecular weight is 98.1 g/mol. The van der Waals surface area contributed by atoms with E-state index in [-0.39, 0.29) is 12.1 Å². The summed E-state index contributed by atoms with van der Waals surface area (Å²) in [6.45, 7) is 0. The van der Waals surface area contributed by atoms with Crippen LogP contribution in [0.1, 0.15) is 2.74 Å². The van der Waals surface area contributed by atoms with E-state index in [0.29, 0.717) is 0 Å². The summed E-state index contributed by atoms with van der Waals surface area (Å²) in [6, 6.07) is 3.60. The van der Waals surface area contributed by atoms with Crippen molar-refractivity contribution in [3.63, 3.8) is 0 Å². The maximum absolute atomic E-state index is 12.3. The molecule has 0 heterocycles. The number of hydrogen-bond acceptors (Lipinski definition) is 0. The Labute approximate surface area is 44.4 Å². The summed E-state index contributed by atoms with van der Waals surface area (Å²) < 4.78 is 26.0. The standard InChI is InChI=1S/C6H5F/c7-6-4-2-1-3-5-6/h1-5H/i2D,5D. The van der Waals surface area contributed by atoms with E-state index in [2.05, 4.69) is 0 Å². The molecule has 0 bridgehead atoms. The van der Waals surface area contributed by atoms with E-state index in [1.54, 1.807) is 0 Å². The molecule has 1 aromatic carbocycles. The fourth-order valence-corrected chi connectivity index (χ4v) is 0.332. The van der Waals surface area contributed by atoms with Gasteiger partial charge in [-0.1, -0.05) is 18.2 Å². The van der Waals surface area contributed by atoms with Gasteiger partial charge in [-0.3, -0.25) is 0 Å².